The Morgan fingerprint density at radius 2 is 1.00 bits per heavy atom. The van der Waals surface area contributed by atoms with Crippen molar-refractivity contribution in [1.29, 1.82) is 5.26 Å². The summed E-state index contributed by atoms with van der Waals surface area (Å²) in [5, 5.41) is 9.83. The van der Waals surface area contributed by atoms with Crippen molar-refractivity contribution in [2.45, 2.75) is 24.7 Å². The van der Waals surface area contributed by atoms with Gasteiger partial charge in [0.05, 0.1) is 29.3 Å². The SMILES string of the molecule is [C-]#[N+]c1ccc(C2(c3ccc(C#N)cc3)c3ccccc3-c3ccc(N(c4ccc5c(c4)C(C)(C)c4ccccc4-5)c4ccccc4-c4ccccc4)cc32)cc1. The maximum atomic E-state index is 9.83. The normalized spacial score (nSPS) is 15.4. The summed E-state index contributed by atoms with van der Waals surface area (Å²) in [5.41, 5.74) is 17.8. The Morgan fingerprint density at radius 1 is 0.491 bits per heavy atom. The third-order valence-corrected chi connectivity index (χ3v) is 12.2. The lowest BCUT2D eigenvalue weighted by Gasteiger charge is -2.35. The molecule has 0 saturated carbocycles. The summed E-state index contributed by atoms with van der Waals surface area (Å²) in [6.07, 6.45) is 0. The Bertz CT molecular complexity index is 2890. The Hall–Kier alpha value is -7.46. The predicted octanol–water partition coefficient (Wildman–Crippen LogP) is 13.9. The Morgan fingerprint density at radius 3 is 1.65 bits per heavy atom. The standard InChI is InChI=1S/C54H37N3/c1-53(2)48-18-10-7-16-44(48)46-31-29-41(33-50(46)53)57(52-20-12-9-15-43(52)37-13-5-4-6-14-37)42-30-32-47-45-17-8-11-19-49(45)54(51(47)34-42,38-23-21-36(35-55)22-24-38)39-25-27-40(56-3)28-26-39/h4-34H,1-2H3. The van der Waals surface area contributed by atoms with Gasteiger partial charge < -0.3 is 4.90 Å². The molecule has 10 rings (SSSR count). The van der Waals surface area contributed by atoms with Gasteiger partial charge in [-0.25, -0.2) is 4.85 Å². The molecule has 0 N–H and O–H groups in total. The second kappa shape index (κ2) is 13.1. The van der Waals surface area contributed by atoms with Crippen molar-refractivity contribution in [1.82, 2.24) is 0 Å². The first-order chi connectivity index (χ1) is 27.9. The van der Waals surface area contributed by atoms with Gasteiger partial charge >= 0.3 is 0 Å². The second-order valence-corrected chi connectivity index (χ2v) is 15.5. The van der Waals surface area contributed by atoms with Crippen molar-refractivity contribution < 1.29 is 0 Å². The minimum absolute atomic E-state index is 0.172. The third-order valence-electron chi connectivity index (χ3n) is 12.2. The van der Waals surface area contributed by atoms with Crippen LogP contribution in [0.1, 0.15) is 52.8 Å². The van der Waals surface area contributed by atoms with E-state index in [9.17, 15) is 5.26 Å². The molecule has 3 heteroatoms. The van der Waals surface area contributed by atoms with Crippen molar-refractivity contribution in [2.24, 2.45) is 0 Å². The molecule has 0 aromatic heterocycles. The molecular formula is C54H37N3. The highest BCUT2D eigenvalue weighted by Gasteiger charge is 2.46. The van der Waals surface area contributed by atoms with E-state index in [1.54, 1.807) is 0 Å². The topological polar surface area (TPSA) is 31.4 Å². The Kier molecular flexibility index (Phi) is 7.82. The van der Waals surface area contributed by atoms with Crippen LogP contribution in [0.25, 0.3) is 38.2 Å². The number of rotatable bonds is 6. The molecule has 2 aliphatic carbocycles. The van der Waals surface area contributed by atoms with Gasteiger partial charge in [0.25, 0.3) is 0 Å². The zero-order valence-electron chi connectivity index (χ0n) is 31.7. The molecule has 0 bridgehead atoms. The van der Waals surface area contributed by atoms with E-state index in [4.69, 9.17) is 6.57 Å². The predicted molar refractivity (Wildman–Crippen MR) is 232 cm³/mol. The summed E-state index contributed by atoms with van der Waals surface area (Å²) >= 11 is 0. The first kappa shape index (κ1) is 34.1. The number of nitriles is 1. The largest absolute Gasteiger partial charge is 0.310 e. The Labute approximate surface area is 334 Å². The van der Waals surface area contributed by atoms with E-state index in [2.05, 4.69) is 193 Å². The van der Waals surface area contributed by atoms with E-state index < -0.39 is 5.41 Å². The average Bonchev–Trinajstić information content (AvgIpc) is 3.69. The summed E-state index contributed by atoms with van der Waals surface area (Å²) in [6, 6.07) is 69.1. The highest BCUT2D eigenvalue weighted by molar-refractivity contribution is 5.93. The zero-order valence-corrected chi connectivity index (χ0v) is 31.7. The number of fused-ring (bicyclic) bond motifs is 6. The fourth-order valence-corrected chi connectivity index (χ4v) is 9.56. The molecule has 268 valence electrons. The molecule has 1 unspecified atom stereocenters. The number of nitrogens with zero attached hydrogens (tertiary/aromatic N) is 3. The van der Waals surface area contributed by atoms with Crippen LogP contribution in [0.3, 0.4) is 0 Å². The van der Waals surface area contributed by atoms with Crippen LogP contribution in [0.5, 0.6) is 0 Å². The molecule has 0 fully saturated rings. The number of hydrogen-bond acceptors (Lipinski definition) is 2. The molecule has 1 atom stereocenters. The average molecular weight is 728 g/mol. The lowest BCUT2D eigenvalue weighted by Crippen LogP contribution is -2.28. The highest BCUT2D eigenvalue weighted by Crippen LogP contribution is 2.58. The zero-order chi connectivity index (χ0) is 38.7. The van der Waals surface area contributed by atoms with Crippen molar-refractivity contribution in [3.8, 4) is 39.4 Å². The molecule has 0 amide bonds. The van der Waals surface area contributed by atoms with Crippen molar-refractivity contribution in [2.75, 3.05) is 4.90 Å². The van der Waals surface area contributed by atoms with Gasteiger partial charge in [0.15, 0.2) is 5.69 Å². The summed E-state index contributed by atoms with van der Waals surface area (Å²) in [4.78, 5) is 6.17. The van der Waals surface area contributed by atoms with E-state index >= 15 is 0 Å². The van der Waals surface area contributed by atoms with Crippen LogP contribution in [0, 0.1) is 17.9 Å². The van der Waals surface area contributed by atoms with Gasteiger partial charge in [-0.2, -0.15) is 5.26 Å². The van der Waals surface area contributed by atoms with Gasteiger partial charge in [-0.3, -0.25) is 0 Å². The first-order valence-electron chi connectivity index (χ1n) is 19.4. The molecule has 0 spiro atoms. The molecule has 0 aliphatic heterocycles. The molecule has 8 aromatic rings. The summed E-state index contributed by atoms with van der Waals surface area (Å²) in [6.45, 7) is 12.4. The van der Waals surface area contributed by atoms with E-state index in [-0.39, 0.29) is 5.41 Å². The number of anilines is 3. The number of hydrogen-bond donors (Lipinski definition) is 0. The van der Waals surface area contributed by atoms with Gasteiger partial charge in [-0.05, 0) is 104 Å². The molecule has 3 nitrogen and oxygen atoms in total. The van der Waals surface area contributed by atoms with Crippen molar-refractivity contribution >= 4 is 22.7 Å². The van der Waals surface area contributed by atoms with Gasteiger partial charge in [0.2, 0.25) is 0 Å². The summed E-state index contributed by atoms with van der Waals surface area (Å²) in [5.74, 6) is 0. The van der Waals surface area contributed by atoms with Crippen LogP contribution in [0.2, 0.25) is 0 Å². The second-order valence-electron chi connectivity index (χ2n) is 15.5. The van der Waals surface area contributed by atoms with Crippen molar-refractivity contribution in [3.63, 3.8) is 0 Å². The minimum Gasteiger partial charge on any atom is -0.310 e. The monoisotopic (exact) mass is 727 g/mol. The van der Waals surface area contributed by atoms with Gasteiger partial charge in [0, 0.05) is 22.4 Å². The van der Waals surface area contributed by atoms with Gasteiger partial charge in [0.1, 0.15) is 0 Å². The van der Waals surface area contributed by atoms with E-state index in [0.717, 1.165) is 50.4 Å². The Balaban J connectivity index is 1.26. The summed E-state index contributed by atoms with van der Waals surface area (Å²) < 4.78 is 0. The highest BCUT2D eigenvalue weighted by atomic mass is 15.1. The quantitative estimate of drug-likeness (QED) is 0.160. The van der Waals surface area contributed by atoms with Crippen LogP contribution in [0.15, 0.2) is 188 Å². The number of benzene rings is 8. The molecule has 57 heavy (non-hydrogen) atoms. The summed E-state index contributed by atoms with van der Waals surface area (Å²) in [7, 11) is 0. The van der Waals surface area contributed by atoms with E-state index in [1.807, 2.05) is 24.3 Å². The maximum Gasteiger partial charge on any atom is 0.187 e. The van der Waals surface area contributed by atoms with Gasteiger partial charge in [-0.15, -0.1) is 0 Å². The molecule has 8 aromatic carbocycles. The fraction of sp³-hybridized carbons (Fsp3) is 0.0741. The van der Waals surface area contributed by atoms with Crippen LogP contribution in [-0.4, -0.2) is 0 Å². The van der Waals surface area contributed by atoms with Crippen LogP contribution < -0.4 is 4.90 Å². The van der Waals surface area contributed by atoms with Gasteiger partial charge in [-0.1, -0.05) is 159 Å². The lowest BCUT2D eigenvalue weighted by molar-refractivity contribution is 0.660. The maximum absolute atomic E-state index is 9.83. The van der Waals surface area contributed by atoms with Crippen LogP contribution in [-0.2, 0) is 10.8 Å². The molecule has 0 saturated heterocycles. The molecule has 0 radical (unpaired) electrons. The fourth-order valence-electron chi connectivity index (χ4n) is 9.56. The molecule has 0 heterocycles. The molecular weight excluding hydrogens is 691 g/mol. The molecule has 2 aliphatic rings. The van der Waals surface area contributed by atoms with Crippen LogP contribution in [0.4, 0.5) is 22.7 Å². The first-order valence-corrected chi connectivity index (χ1v) is 19.4. The lowest BCUT2D eigenvalue weighted by atomic mass is 9.67. The minimum atomic E-state index is -0.720. The smallest absolute Gasteiger partial charge is 0.187 e. The van der Waals surface area contributed by atoms with E-state index in [0.29, 0.717) is 11.3 Å². The third kappa shape index (κ3) is 5.10. The van der Waals surface area contributed by atoms with Crippen LogP contribution >= 0.6 is 0 Å². The van der Waals surface area contributed by atoms with E-state index in [1.165, 1.54) is 33.4 Å². The number of para-hydroxylation sites is 1. The van der Waals surface area contributed by atoms with Crippen molar-refractivity contribution in [3.05, 3.63) is 238 Å².